The molecule has 0 N–H and O–H groups in total. The Morgan fingerprint density at radius 1 is 1.00 bits per heavy atom. The number of rotatable bonds is 7. The molecule has 0 radical (unpaired) electrons. The first-order valence-electron chi connectivity index (χ1n) is 9.20. The van der Waals surface area contributed by atoms with Crippen molar-refractivity contribution in [3.05, 3.63) is 54.1 Å². The molecule has 1 aliphatic heterocycles. The Morgan fingerprint density at radius 2 is 1.73 bits per heavy atom. The summed E-state index contributed by atoms with van der Waals surface area (Å²) in [5.41, 5.74) is 2.24. The maximum Gasteiger partial charge on any atom is 0.142 e. The van der Waals surface area contributed by atoms with Crippen molar-refractivity contribution in [3.8, 4) is 11.5 Å². The molecular weight excluding hydrogens is 326 g/mol. The first-order valence-corrected chi connectivity index (χ1v) is 9.20. The molecule has 0 atom stereocenters. The fraction of sp³-hybridized carbons (Fsp3) is 0.381. The zero-order valence-electron chi connectivity index (χ0n) is 15.6. The molecule has 3 rings (SSSR count). The van der Waals surface area contributed by atoms with Gasteiger partial charge >= 0.3 is 0 Å². The first kappa shape index (κ1) is 18.1. The summed E-state index contributed by atoms with van der Waals surface area (Å²) in [6, 6.07) is 16.2. The van der Waals surface area contributed by atoms with Gasteiger partial charge in [-0.2, -0.15) is 5.10 Å². The van der Waals surface area contributed by atoms with Crippen molar-refractivity contribution in [1.82, 2.24) is 5.01 Å². The highest BCUT2D eigenvalue weighted by atomic mass is 16.5. The maximum atomic E-state index is 5.61. The minimum absolute atomic E-state index is 0.754. The summed E-state index contributed by atoms with van der Waals surface area (Å²) >= 11 is 0. The zero-order valence-corrected chi connectivity index (χ0v) is 15.6. The van der Waals surface area contributed by atoms with Gasteiger partial charge in [0.05, 0.1) is 38.7 Å². The highest BCUT2D eigenvalue weighted by molar-refractivity contribution is 5.79. The summed E-state index contributed by atoms with van der Waals surface area (Å²) in [5.74, 6) is 1.84. The molecule has 5 heteroatoms. The van der Waals surface area contributed by atoms with Gasteiger partial charge in [-0.25, -0.2) is 0 Å². The van der Waals surface area contributed by atoms with Crippen LogP contribution in [0.5, 0.6) is 11.5 Å². The lowest BCUT2D eigenvalue weighted by molar-refractivity contribution is 0.271. The van der Waals surface area contributed by atoms with E-state index in [9.17, 15) is 0 Å². The molecule has 2 aromatic carbocycles. The van der Waals surface area contributed by atoms with E-state index in [1.807, 2.05) is 42.6 Å². The lowest BCUT2D eigenvalue weighted by Crippen LogP contribution is -2.44. The van der Waals surface area contributed by atoms with Gasteiger partial charge in [-0.05, 0) is 48.4 Å². The van der Waals surface area contributed by atoms with Gasteiger partial charge < -0.3 is 14.4 Å². The molecule has 0 amide bonds. The monoisotopic (exact) mass is 353 g/mol. The molecule has 1 heterocycles. The van der Waals surface area contributed by atoms with Gasteiger partial charge in [-0.15, -0.1) is 0 Å². The van der Waals surface area contributed by atoms with Gasteiger partial charge in [0.15, 0.2) is 0 Å². The molecule has 1 aliphatic rings. The van der Waals surface area contributed by atoms with E-state index >= 15 is 0 Å². The van der Waals surface area contributed by atoms with Gasteiger partial charge in [-0.3, -0.25) is 5.01 Å². The van der Waals surface area contributed by atoms with E-state index in [1.54, 1.807) is 7.11 Å². The molecule has 0 aromatic heterocycles. The van der Waals surface area contributed by atoms with E-state index in [0.29, 0.717) is 0 Å². The van der Waals surface area contributed by atoms with E-state index in [4.69, 9.17) is 9.47 Å². The fourth-order valence-corrected chi connectivity index (χ4v) is 2.96. The molecule has 5 nitrogen and oxygen atoms in total. The third-order valence-corrected chi connectivity index (χ3v) is 4.40. The molecular formula is C21H27N3O2. The van der Waals surface area contributed by atoms with Crippen molar-refractivity contribution in [2.24, 2.45) is 5.10 Å². The number of nitrogens with zero attached hydrogens (tertiary/aromatic N) is 3. The van der Waals surface area contributed by atoms with Crippen LogP contribution in [-0.4, -0.2) is 51.1 Å². The van der Waals surface area contributed by atoms with Crippen LogP contribution in [0.3, 0.4) is 0 Å². The van der Waals surface area contributed by atoms with Gasteiger partial charge in [0.2, 0.25) is 0 Å². The van der Waals surface area contributed by atoms with Crippen LogP contribution in [0.25, 0.3) is 0 Å². The molecule has 0 bridgehead atoms. The maximum absolute atomic E-state index is 5.61. The molecule has 0 unspecified atom stereocenters. The molecule has 26 heavy (non-hydrogen) atoms. The lowest BCUT2D eigenvalue weighted by Gasteiger charge is -2.35. The van der Waals surface area contributed by atoms with E-state index < -0.39 is 0 Å². The van der Waals surface area contributed by atoms with Gasteiger partial charge in [0.1, 0.15) is 11.5 Å². The van der Waals surface area contributed by atoms with Crippen molar-refractivity contribution in [2.75, 3.05) is 44.8 Å². The molecule has 138 valence electrons. The molecule has 0 spiro atoms. The number of benzene rings is 2. The van der Waals surface area contributed by atoms with Crippen LogP contribution in [0.2, 0.25) is 0 Å². The average Bonchev–Trinajstić information content (AvgIpc) is 2.72. The second-order valence-electron chi connectivity index (χ2n) is 6.27. The van der Waals surface area contributed by atoms with Crippen LogP contribution in [-0.2, 0) is 0 Å². The summed E-state index contributed by atoms with van der Waals surface area (Å²) in [5, 5.41) is 6.74. The first-order chi connectivity index (χ1) is 12.8. The standard InChI is InChI=1S/C21H27N3O2/c1-3-16-26-19-10-8-18(9-11-19)17-22-24-14-12-23(13-15-24)20-6-4-5-7-21(20)25-2/h4-11,17H,3,12-16H2,1-2H3/b22-17+. The van der Waals surface area contributed by atoms with Crippen LogP contribution in [0.4, 0.5) is 5.69 Å². The number of methoxy groups -OCH3 is 1. The zero-order chi connectivity index (χ0) is 18.2. The van der Waals surface area contributed by atoms with Crippen LogP contribution in [0, 0.1) is 0 Å². The summed E-state index contributed by atoms with van der Waals surface area (Å²) in [6.45, 7) is 6.51. The van der Waals surface area contributed by atoms with Gasteiger partial charge in [0.25, 0.3) is 0 Å². The Kier molecular flexibility index (Phi) is 6.36. The molecule has 0 saturated carbocycles. The normalized spacial score (nSPS) is 14.7. The molecule has 2 aromatic rings. The lowest BCUT2D eigenvalue weighted by atomic mass is 10.2. The van der Waals surface area contributed by atoms with Crippen LogP contribution >= 0.6 is 0 Å². The van der Waals surface area contributed by atoms with Crippen molar-refractivity contribution in [3.63, 3.8) is 0 Å². The summed E-state index contributed by atoms with van der Waals surface area (Å²) < 4.78 is 11.1. The average molecular weight is 353 g/mol. The second-order valence-corrected chi connectivity index (χ2v) is 6.27. The highest BCUT2D eigenvalue weighted by Gasteiger charge is 2.18. The largest absolute Gasteiger partial charge is 0.495 e. The SMILES string of the molecule is CCCOc1ccc(/C=N/N2CCN(c3ccccc3OC)CC2)cc1. The van der Waals surface area contributed by atoms with E-state index in [0.717, 1.165) is 62.0 Å². The Hall–Kier alpha value is -2.69. The summed E-state index contributed by atoms with van der Waals surface area (Å²) in [6.07, 6.45) is 2.94. The number of para-hydroxylation sites is 2. The predicted molar refractivity (Wildman–Crippen MR) is 107 cm³/mol. The van der Waals surface area contributed by atoms with Crippen molar-refractivity contribution >= 4 is 11.9 Å². The van der Waals surface area contributed by atoms with Gasteiger partial charge in [0, 0.05) is 13.1 Å². The Labute approximate surface area is 155 Å². The number of hydrogen-bond donors (Lipinski definition) is 0. The van der Waals surface area contributed by atoms with E-state index in [2.05, 4.69) is 34.1 Å². The third-order valence-electron chi connectivity index (χ3n) is 4.40. The van der Waals surface area contributed by atoms with Crippen LogP contribution in [0.15, 0.2) is 53.6 Å². The highest BCUT2D eigenvalue weighted by Crippen LogP contribution is 2.28. The molecule has 1 saturated heterocycles. The Morgan fingerprint density at radius 3 is 2.42 bits per heavy atom. The number of hydrazone groups is 1. The Balaban J connectivity index is 1.53. The predicted octanol–water partition coefficient (Wildman–Crippen LogP) is 3.64. The third kappa shape index (κ3) is 4.69. The fourth-order valence-electron chi connectivity index (χ4n) is 2.96. The quantitative estimate of drug-likeness (QED) is 0.712. The summed E-state index contributed by atoms with van der Waals surface area (Å²) in [7, 11) is 1.72. The molecule has 0 aliphatic carbocycles. The minimum atomic E-state index is 0.754. The van der Waals surface area contributed by atoms with Crippen LogP contribution in [0.1, 0.15) is 18.9 Å². The van der Waals surface area contributed by atoms with Crippen molar-refractivity contribution in [1.29, 1.82) is 0 Å². The van der Waals surface area contributed by atoms with E-state index in [1.165, 1.54) is 0 Å². The second kappa shape index (κ2) is 9.13. The number of anilines is 1. The minimum Gasteiger partial charge on any atom is -0.495 e. The summed E-state index contributed by atoms with van der Waals surface area (Å²) in [4.78, 5) is 2.35. The number of piperazine rings is 1. The van der Waals surface area contributed by atoms with Crippen LogP contribution < -0.4 is 14.4 Å². The molecule has 1 fully saturated rings. The smallest absolute Gasteiger partial charge is 0.142 e. The van der Waals surface area contributed by atoms with Crippen molar-refractivity contribution < 1.29 is 9.47 Å². The van der Waals surface area contributed by atoms with E-state index in [-0.39, 0.29) is 0 Å². The topological polar surface area (TPSA) is 37.3 Å². The Bertz CT molecular complexity index is 707. The van der Waals surface area contributed by atoms with Crippen molar-refractivity contribution in [2.45, 2.75) is 13.3 Å². The number of ether oxygens (including phenoxy) is 2. The number of hydrogen-bond acceptors (Lipinski definition) is 5. The van der Waals surface area contributed by atoms with Gasteiger partial charge in [-0.1, -0.05) is 19.1 Å².